The summed E-state index contributed by atoms with van der Waals surface area (Å²) in [5.41, 5.74) is 1.65. The third kappa shape index (κ3) is 3.66. The van der Waals surface area contributed by atoms with E-state index in [-0.39, 0.29) is 12.3 Å². The molecule has 1 aromatic heterocycles. The third-order valence-electron chi connectivity index (χ3n) is 5.27. The van der Waals surface area contributed by atoms with Gasteiger partial charge in [0.2, 0.25) is 11.8 Å². The van der Waals surface area contributed by atoms with Gasteiger partial charge in [-0.25, -0.2) is 14.7 Å². The molecule has 0 spiro atoms. The molecule has 148 valence electrons. The standard InChI is InChI=1S/C23H22N2O4/c1-15-22(19-11-6-12-20(24-19)28-2)29-23(27)25(15)21(26)14-13-17-9-5-8-16-7-3-4-10-18(16)17/h3-12,15,22H,13-14H2,1-2H3/t15-,22-/m0/s1. The minimum atomic E-state index is -0.630. The van der Waals surface area contributed by atoms with Crippen molar-refractivity contribution in [2.45, 2.75) is 31.9 Å². The first-order valence-corrected chi connectivity index (χ1v) is 9.58. The van der Waals surface area contributed by atoms with E-state index in [9.17, 15) is 9.59 Å². The van der Waals surface area contributed by atoms with Crippen LogP contribution in [0.1, 0.15) is 30.7 Å². The summed E-state index contributed by atoms with van der Waals surface area (Å²) in [5.74, 6) is 0.187. The van der Waals surface area contributed by atoms with E-state index in [1.54, 1.807) is 25.1 Å². The van der Waals surface area contributed by atoms with E-state index in [2.05, 4.69) is 4.98 Å². The maximum Gasteiger partial charge on any atom is 0.417 e. The van der Waals surface area contributed by atoms with E-state index in [4.69, 9.17) is 9.47 Å². The zero-order valence-electron chi connectivity index (χ0n) is 16.4. The zero-order valence-corrected chi connectivity index (χ0v) is 16.4. The molecule has 1 aliphatic rings. The second-order valence-corrected chi connectivity index (χ2v) is 7.05. The van der Waals surface area contributed by atoms with Crippen molar-refractivity contribution in [1.82, 2.24) is 9.88 Å². The van der Waals surface area contributed by atoms with Crippen LogP contribution < -0.4 is 4.74 Å². The normalized spacial score (nSPS) is 18.7. The minimum absolute atomic E-state index is 0.228. The molecule has 2 amide bonds. The van der Waals surface area contributed by atoms with E-state index in [0.29, 0.717) is 18.0 Å². The largest absolute Gasteiger partial charge is 0.481 e. The number of pyridine rings is 1. The number of aromatic nitrogens is 1. The number of aryl methyl sites for hydroxylation is 1. The molecule has 0 unspecified atom stereocenters. The number of carbonyl (C=O) groups excluding carboxylic acids is 2. The summed E-state index contributed by atoms with van der Waals surface area (Å²) in [4.78, 5) is 30.8. The van der Waals surface area contributed by atoms with Gasteiger partial charge in [0.05, 0.1) is 18.8 Å². The SMILES string of the molecule is COc1cccc([C@H]2OC(=O)N(C(=O)CCc3cccc4ccccc34)[C@H]2C)n1. The van der Waals surface area contributed by atoms with Crippen molar-refractivity contribution in [2.24, 2.45) is 0 Å². The molecule has 1 aliphatic heterocycles. The Morgan fingerprint density at radius 3 is 2.69 bits per heavy atom. The van der Waals surface area contributed by atoms with Crippen LogP contribution in [0, 0.1) is 0 Å². The Morgan fingerprint density at radius 1 is 1.10 bits per heavy atom. The van der Waals surface area contributed by atoms with Crippen molar-refractivity contribution < 1.29 is 19.1 Å². The number of fused-ring (bicyclic) bond motifs is 1. The molecule has 29 heavy (non-hydrogen) atoms. The molecular formula is C23H22N2O4. The molecule has 0 saturated carbocycles. The van der Waals surface area contributed by atoms with Gasteiger partial charge in [-0.2, -0.15) is 0 Å². The Bertz CT molecular complexity index is 1060. The van der Waals surface area contributed by atoms with Crippen LogP contribution in [-0.4, -0.2) is 35.0 Å². The summed E-state index contributed by atoms with van der Waals surface area (Å²) >= 11 is 0. The molecule has 4 rings (SSSR count). The Labute approximate surface area is 169 Å². The lowest BCUT2D eigenvalue weighted by molar-refractivity contribution is -0.129. The first-order valence-electron chi connectivity index (χ1n) is 9.58. The minimum Gasteiger partial charge on any atom is -0.481 e. The Hall–Kier alpha value is -3.41. The van der Waals surface area contributed by atoms with Crippen LogP contribution in [-0.2, 0) is 16.0 Å². The molecule has 6 heteroatoms. The third-order valence-corrected chi connectivity index (χ3v) is 5.27. The second kappa shape index (κ2) is 7.91. The van der Waals surface area contributed by atoms with Gasteiger partial charge >= 0.3 is 6.09 Å². The highest BCUT2D eigenvalue weighted by molar-refractivity contribution is 5.94. The smallest absolute Gasteiger partial charge is 0.417 e. The van der Waals surface area contributed by atoms with Gasteiger partial charge in [-0.05, 0) is 35.7 Å². The molecular weight excluding hydrogens is 368 g/mol. The number of cyclic esters (lactones) is 1. The molecule has 2 atom stereocenters. The molecule has 6 nitrogen and oxygen atoms in total. The van der Waals surface area contributed by atoms with Crippen molar-refractivity contribution in [3.8, 4) is 5.88 Å². The fourth-order valence-corrected chi connectivity index (χ4v) is 3.78. The van der Waals surface area contributed by atoms with Gasteiger partial charge in [0.1, 0.15) is 0 Å². The van der Waals surface area contributed by atoms with E-state index in [0.717, 1.165) is 16.3 Å². The number of carbonyl (C=O) groups is 2. The van der Waals surface area contributed by atoms with Crippen LogP contribution in [0.3, 0.4) is 0 Å². The highest BCUT2D eigenvalue weighted by atomic mass is 16.6. The van der Waals surface area contributed by atoms with Gasteiger partial charge in [0, 0.05) is 12.5 Å². The Morgan fingerprint density at radius 2 is 1.86 bits per heavy atom. The Kier molecular flexibility index (Phi) is 5.16. The topological polar surface area (TPSA) is 68.7 Å². The van der Waals surface area contributed by atoms with Gasteiger partial charge in [0.25, 0.3) is 0 Å². The second-order valence-electron chi connectivity index (χ2n) is 7.05. The quantitative estimate of drug-likeness (QED) is 0.650. The number of methoxy groups -OCH3 is 1. The van der Waals surface area contributed by atoms with Crippen LogP contribution in [0.2, 0.25) is 0 Å². The van der Waals surface area contributed by atoms with Crippen molar-refractivity contribution in [1.29, 1.82) is 0 Å². The van der Waals surface area contributed by atoms with Gasteiger partial charge in [-0.1, -0.05) is 48.5 Å². The lowest BCUT2D eigenvalue weighted by Gasteiger charge is -2.19. The molecule has 0 radical (unpaired) electrons. The molecule has 2 aromatic carbocycles. The van der Waals surface area contributed by atoms with Crippen molar-refractivity contribution in [3.05, 3.63) is 71.9 Å². The number of imide groups is 1. The zero-order chi connectivity index (χ0) is 20.4. The van der Waals surface area contributed by atoms with Crippen molar-refractivity contribution in [2.75, 3.05) is 7.11 Å². The molecule has 3 aromatic rings. The lowest BCUT2D eigenvalue weighted by Crippen LogP contribution is -2.38. The highest BCUT2D eigenvalue weighted by Crippen LogP contribution is 2.33. The number of hydrogen-bond acceptors (Lipinski definition) is 5. The average molecular weight is 390 g/mol. The molecule has 0 aliphatic carbocycles. The van der Waals surface area contributed by atoms with E-state index in [1.165, 1.54) is 12.0 Å². The Balaban J connectivity index is 1.49. The van der Waals surface area contributed by atoms with E-state index < -0.39 is 18.2 Å². The molecule has 1 saturated heterocycles. The fourth-order valence-electron chi connectivity index (χ4n) is 3.78. The lowest BCUT2D eigenvalue weighted by atomic mass is 10.0. The highest BCUT2D eigenvalue weighted by Gasteiger charge is 2.43. The average Bonchev–Trinajstić information content (AvgIpc) is 3.06. The number of rotatable bonds is 5. The number of ether oxygens (including phenoxy) is 2. The number of nitrogens with zero attached hydrogens (tertiary/aromatic N) is 2. The number of hydrogen-bond donors (Lipinski definition) is 0. The van der Waals surface area contributed by atoms with Gasteiger partial charge in [0.15, 0.2) is 6.10 Å². The first-order chi connectivity index (χ1) is 14.1. The summed E-state index contributed by atoms with van der Waals surface area (Å²) in [6.07, 6.45) is -0.459. The number of benzene rings is 2. The maximum absolute atomic E-state index is 12.9. The van der Waals surface area contributed by atoms with E-state index >= 15 is 0 Å². The van der Waals surface area contributed by atoms with Gasteiger partial charge < -0.3 is 9.47 Å². The summed E-state index contributed by atoms with van der Waals surface area (Å²) in [6.45, 7) is 1.80. The summed E-state index contributed by atoms with van der Waals surface area (Å²) in [7, 11) is 1.53. The molecule has 0 bridgehead atoms. The molecule has 1 fully saturated rings. The van der Waals surface area contributed by atoms with E-state index in [1.807, 2.05) is 42.5 Å². The first kappa shape index (κ1) is 18.9. The number of amides is 2. The molecule has 2 heterocycles. The van der Waals surface area contributed by atoms with Gasteiger partial charge in [-0.15, -0.1) is 0 Å². The van der Waals surface area contributed by atoms with Crippen LogP contribution >= 0.6 is 0 Å². The van der Waals surface area contributed by atoms with Crippen LogP contribution in [0.4, 0.5) is 4.79 Å². The van der Waals surface area contributed by atoms with Gasteiger partial charge in [-0.3, -0.25) is 4.79 Å². The monoisotopic (exact) mass is 390 g/mol. The maximum atomic E-state index is 12.9. The van der Waals surface area contributed by atoms with Crippen LogP contribution in [0.25, 0.3) is 10.8 Å². The predicted octanol–water partition coefficient (Wildman–Crippen LogP) is 4.28. The van der Waals surface area contributed by atoms with Crippen LogP contribution in [0.5, 0.6) is 5.88 Å². The molecule has 0 N–H and O–H groups in total. The fraction of sp³-hybridized carbons (Fsp3) is 0.261. The van der Waals surface area contributed by atoms with Crippen LogP contribution in [0.15, 0.2) is 60.7 Å². The summed E-state index contributed by atoms with van der Waals surface area (Å²) in [5, 5.41) is 2.26. The van der Waals surface area contributed by atoms with Crippen molar-refractivity contribution in [3.63, 3.8) is 0 Å². The van der Waals surface area contributed by atoms with Crippen molar-refractivity contribution >= 4 is 22.8 Å². The summed E-state index contributed by atoms with van der Waals surface area (Å²) < 4.78 is 10.6. The summed E-state index contributed by atoms with van der Waals surface area (Å²) in [6, 6.07) is 19.0. The predicted molar refractivity (Wildman–Crippen MR) is 109 cm³/mol.